The van der Waals surface area contributed by atoms with Gasteiger partial charge in [-0.3, -0.25) is 4.68 Å². The number of halogens is 2. The topological polar surface area (TPSA) is 73.6 Å². The highest BCUT2D eigenvalue weighted by Crippen LogP contribution is 2.37. The van der Waals surface area contributed by atoms with Crippen LogP contribution in [0.1, 0.15) is 53.2 Å². The van der Waals surface area contributed by atoms with Crippen LogP contribution in [0.15, 0.2) is 30.0 Å². The van der Waals surface area contributed by atoms with E-state index >= 15 is 0 Å². The molecule has 9 heteroatoms. The highest BCUT2D eigenvalue weighted by molar-refractivity contribution is 6.62. The summed E-state index contributed by atoms with van der Waals surface area (Å²) < 4.78 is 40.5. The van der Waals surface area contributed by atoms with Gasteiger partial charge in [-0.1, -0.05) is 12.2 Å². The first-order valence-corrected chi connectivity index (χ1v) is 8.73. The molecule has 1 aliphatic carbocycles. The van der Waals surface area contributed by atoms with Crippen LogP contribution in [-0.4, -0.2) is 39.2 Å². The monoisotopic (exact) mass is 380 g/mol. The molecule has 1 aromatic rings. The van der Waals surface area contributed by atoms with Crippen molar-refractivity contribution in [3.8, 4) is 0 Å². The molecule has 0 bridgehead atoms. The number of rotatable bonds is 4. The number of allylic oxidation sites excluding steroid dienone is 2. The van der Waals surface area contributed by atoms with Gasteiger partial charge in [0.25, 0.3) is 6.43 Å². The van der Waals surface area contributed by atoms with E-state index in [0.29, 0.717) is 6.42 Å². The summed E-state index contributed by atoms with van der Waals surface area (Å²) in [5.74, 6) is -1.03. The molecule has 0 spiro atoms. The summed E-state index contributed by atoms with van der Waals surface area (Å²) in [5.41, 5.74) is -2.12. The molecular weight excluding hydrogens is 357 g/mol. The molecule has 0 saturated carbocycles. The Morgan fingerprint density at radius 2 is 1.85 bits per heavy atom. The molecule has 2 heterocycles. The van der Waals surface area contributed by atoms with Crippen molar-refractivity contribution >= 4 is 18.6 Å². The maximum absolute atomic E-state index is 13.6. The number of hydrogen-bond acceptors (Lipinski definition) is 4. The second-order valence-electron chi connectivity index (χ2n) is 8.16. The quantitative estimate of drug-likeness (QED) is 0.814. The van der Waals surface area contributed by atoms with Crippen LogP contribution in [0.2, 0.25) is 0 Å². The van der Waals surface area contributed by atoms with Crippen molar-refractivity contribution in [2.24, 2.45) is 0 Å². The molecule has 1 fully saturated rings. The lowest BCUT2D eigenvalue weighted by Crippen LogP contribution is -2.41. The predicted molar refractivity (Wildman–Crippen MR) is 96.0 cm³/mol. The lowest BCUT2D eigenvalue weighted by molar-refractivity contribution is -0.132. The minimum Gasteiger partial charge on any atom is -0.478 e. The van der Waals surface area contributed by atoms with Gasteiger partial charge in [0.05, 0.1) is 22.3 Å². The molecule has 1 saturated heterocycles. The zero-order valence-electron chi connectivity index (χ0n) is 16.0. The summed E-state index contributed by atoms with van der Waals surface area (Å²) in [4.78, 5) is 11.1. The van der Waals surface area contributed by atoms with Gasteiger partial charge in [0.2, 0.25) is 0 Å². The number of aliphatic carboxylic acids is 1. The number of carbonyl (C=O) groups is 1. The van der Waals surface area contributed by atoms with Gasteiger partial charge in [0, 0.05) is 11.7 Å². The minimum absolute atomic E-state index is 0.167. The van der Waals surface area contributed by atoms with E-state index in [9.17, 15) is 13.6 Å². The molecule has 0 radical (unpaired) electrons. The molecule has 1 aliphatic heterocycles. The first-order chi connectivity index (χ1) is 12.4. The van der Waals surface area contributed by atoms with E-state index in [1.165, 1.54) is 17.0 Å². The molecule has 27 heavy (non-hydrogen) atoms. The first-order valence-electron chi connectivity index (χ1n) is 8.73. The molecule has 1 unspecified atom stereocenters. The molecule has 1 N–H and O–H groups in total. The number of hydrogen-bond donors (Lipinski definition) is 1. The fourth-order valence-electron chi connectivity index (χ4n) is 3.03. The summed E-state index contributed by atoms with van der Waals surface area (Å²) in [6, 6.07) is 0. The van der Waals surface area contributed by atoms with Crippen molar-refractivity contribution in [2.75, 3.05) is 0 Å². The Labute approximate surface area is 157 Å². The average Bonchev–Trinajstić information content (AvgIpc) is 3.08. The van der Waals surface area contributed by atoms with Crippen LogP contribution in [0.3, 0.4) is 0 Å². The fourth-order valence-corrected chi connectivity index (χ4v) is 3.03. The van der Waals surface area contributed by atoms with E-state index in [2.05, 4.69) is 5.10 Å². The Morgan fingerprint density at radius 1 is 1.26 bits per heavy atom. The van der Waals surface area contributed by atoms with Gasteiger partial charge in [-0.15, -0.1) is 0 Å². The SMILES string of the molecule is CC1(n2cc(B3OC(C)(C)C(C)(C)O3)c(C(F)F)n2)C=CC(C(=O)O)=CC1. The highest BCUT2D eigenvalue weighted by atomic mass is 19.3. The number of alkyl halides is 2. The van der Waals surface area contributed by atoms with Gasteiger partial charge < -0.3 is 14.4 Å². The maximum atomic E-state index is 13.6. The van der Waals surface area contributed by atoms with Crippen molar-refractivity contribution in [1.29, 1.82) is 0 Å². The molecule has 2 aliphatic rings. The van der Waals surface area contributed by atoms with E-state index in [0.717, 1.165) is 0 Å². The van der Waals surface area contributed by atoms with Gasteiger partial charge in [0.1, 0.15) is 5.69 Å². The van der Waals surface area contributed by atoms with Crippen LogP contribution in [0.5, 0.6) is 0 Å². The number of carboxylic acids is 1. The molecule has 146 valence electrons. The second-order valence-corrected chi connectivity index (χ2v) is 8.16. The molecule has 0 amide bonds. The van der Waals surface area contributed by atoms with Gasteiger partial charge in [0.15, 0.2) is 0 Å². The maximum Gasteiger partial charge on any atom is 0.498 e. The lowest BCUT2D eigenvalue weighted by atomic mass is 9.79. The smallest absolute Gasteiger partial charge is 0.478 e. The van der Waals surface area contributed by atoms with Crippen molar-refractivity contribution < 1.29 is 28.0 Å². The third kappa shape index (κ3) is 3.34. The Bertz CT molecular complexity index is 815. The highest BCUT2D eigenvalue weighted by Gasteiger charge is 2.53. The summed E-state index contributed by atoms with van der Waals surface area (Å²) >= 11 is 0. The Balaban J connectivity index is 1.96. The van der Waals surface area contributed by atoms with Gasteiger partial charge in [-0.05, 0) is 47.1 Å². The van der Waals surface area contributed by atoms with Crippen molar-refractivity contribution in [3.05, 3.63) is 35.7 Å². The van der Waals surface area contributed by atoms with Crippen LogP contribution in [0, 0.1) is 0 Å². The van der Waals surface area contributed by atoms with E-state index < -0.39 is 41.9 Å². The van der Waals surface area contributed by atoms with E-state index in [-0.39, 0.29) is 11.0 Å². The van der Waals surface area contributed by atoms with Crippen molar-refractivity contribution in [3.63, 3.8) is 0 Å². The van der Waals surface area contributed by atoms with E-state index in [1.54, 1.807) is 19.1 Å². The van der Waals surface area contributed by atoms with E-state index in [4.69, 9.17) is 14.4 Å². The fraction of sp³-hybridized carbons (Fsp3) is 0.556. The van der Waals surface area contributed by atoms with Gasteiger partial charge >= 0.3 is 13.1 Å². The Morgan fingerprint density at radius 3 is 2.30 bits per heavy atom. The third-order valence-electron chi connectivity index (χ3n) is 5.61. The third-order valence-corrected chi connectivity index (χ3v) is 5.61. The summed E-state index contributed by atoms with van der Waals surface area (Å²) in [6.07, 6.45) is 3.71. The molecule has 3 rings (SSSR count). The number of carboxylic acid groups (broad SMARTS) is 1. The van der Waals surface area contributed by atoms with Gasteiger partial charge in [-0.25, -0.2) is 13.6 Å². The first kappa shape index (κ1) is 19.8. The number of nitrogens with zero attached hydrogens (tertiary/aromatic N) is 2. The van der Waals surface area contributed by atoms with Crippen molar-refractivity contribution in [1.82, 2.24) is 9.78 Å². The normalized spacial score (nSPS) is 26.5. The standard InChI is InChI=1S/C18H23BF2N2O4/c1-16(2)17(3,4)27-19(26-16)12-10-23(22-13(12)14(20)21)18(5)8-6-11(7-9-18)15(24)25/h6-8,10,14H,9H2,1-5H3,(H,24,25). The van der Waals surface area contributed by atoms with Crippen LogP contribution >= 0.6 is 0 Å². The molecule has 0 aromatic carbocycles. The minimum atomic E-state index is -2.79. The molecule has 1 atom stereocenters. The molecule has 1 aromatic heterocycles. The number of aromatic nitrogens is 2. The summed E-state index contributed by atoms with van der Waals surface area (Å²) in [6.45, 7) is 9.20. The van der Waals surface area contributed by atoms with Gasteiger partial charge in [-0.2, -0.15) is 5.10 Å². The van der Waals surface area contributed by atoms with Crippen LogP contribution in [0.4, 0.5) is 8.78 Å². The Kier molecular flexibility index (Phi) is 4.59. The lowest BCUT2D eigenvalue weighted by Gasteiger charge is -2.32. The zero-order valence-corrected chi connectivity index (χ0v) is 16.0. The summed E-state index contributed by atoms with van der Waals surface area (Å²) in [5, 5.41) is 13.2. The van der Waals surface area contributed by atoms with Crippen molar-refractivity contribution in [2.45, 2.75) is 64.2 Å². The van der Waals surface area contributed by atoms with Crippen LogP contribution < -0.4 is 5.46 Å². The molecule has 6 nitrogen and oxygen atoms in total. The molecular formula is C18H23BF2N2O4. The second kappa shape index (κ2) is 6.27. The Hall–Kier alpha value is -2.00. The zero-order chi connectivity index (χ0) is 20.2. The predicted octanol–water partition coefficient (Wildman–Crippen LogP) is 2.81. The largest absolute Gasteiger partial charge is 0.498 e. The van der Waals surface area contributed by atoms with E-state index in [1.807, 2.05) is 27.7 Å². The van der Waals surface area contributed by atoms with Crippen LogP contribution in [-0.2, 0) is 19.6 Å². The van der Waals surface area contributed by atoms with Crippen LogP contribution in [0.25, 0.3) is 0 Å². The average molecular weight is 380 g/mol. The summed E-state index contributed by atoms with van der Waals surface area (Å²) in [7, 11) is -0.950.